The van der Waals surface area contributed by atoms with Gasteiger partial charge in [0.1, 0.15) is 11.7 Å². The first kappa shape index (κ1) is 23.6. The summed E-state index contributed by atoms with van der Waals surface area (Å²) in [7, 11) is 2.86. The number of methoxy groups -OCH3 is 2. The number of hydrogen-bond acceptors (Lipinski definition) is 7. The van der Waals surface area contributed by atoms with E-state index in [1.165, 1.54) is 7.11 Å². The first-order valence-corrected chi connectivity index (χ1v) is 10.9. The van der Waals surface area contributed by atoms with Crippen LogP contribution in [0.4, 0.5) is 0 Å². The third-order valence-electron chi connectivity index (χ3n) is 6.30. The Morgan fingerprint density at radius 2 is 1.84 bits per heavy atom. The molecule has 0 radical (unpaired) electrons. The number of benzene rings is 1. The van der Waals surface area contributed by atoms with Crippen molar-refractivity contribution in [2.24, 2.45) is 11.8 Å². The van der Waals surface area contributed by atoms with E-state index in [-0.39, 0.29) is 17.8 Å². The predicted octanol–water partition coefficient (Wildman–Crippen LogP) is 3.65. The van der Waals surface area contributed by atoms with Gasteiger partial charge in [-0.15, -0.1) is 0 Å². The minimum absolute atomic E-state index is 0.223. The molecule has 1 heterocycles. The van der Waals surface area contributed by atoms with Crippen molar-refractivity contribution < 1.29 is 28.6 Å². The Morgan fingerprint density at radius 3 is 2.41 bits per heavy atom. The monoisotopic (exact) mass is 441 g/mol. The highest BCUT2D eigenvalue weighted by Gasteiger charge is 2.47. The SMILES string of the molecule is CC[C@@H](C)OC(=O)C1=C(C)NC2=C(C(=O)[C@H](C(=O)OC)[C@H](C)C2)[C@@H]1c1ccc(OC)cc1. The summed E-state index contributed by atoms with van der Waals surface area (Å²) in [6.07, 6.45) is 0.908. The maximum atomic E-state index is 13.6. The lowest BCUT2D eigenvalue weighted by Crippen LogP contribution is -2.43. The number of ether oxygens (including phenoxy) is 3. The number of allylic oxidation sites excluding steroid dienone is 3. The van der Waals surface area contributed by atoms with E-state index >= 15 is 0 Å². The van der Waals surface area contributed by atoms with Crippen LogP contribution >= 0.6 is 0 Å². The summed E-state index contributed by atoms with van der Waals surface area (Å²) in [4.78, 5) is 39.3. The Hall–Kier alpha value is -3.09. The number of carbonyl (C=O) groups is 3. The van der Waals surface area contributed by atoms with Gasteiger partial charge in [0, 0.05) is 22.9 Å². The predicted molar refractivity (Wildman–Crippen MR) is 119 cm³/mol. The van der Waals surface area contributed by atoms with Crippen LogP contribution in [0.5, 0.6) is 5.75 Å². The second-order valence-electron chi connectivity index (χ2n) is 8.43. The van der Waals surface area contributed by atoms with Crippen molar-refractivity contribution >= 4 is 17.7 Å². The summed E-state index contributed by atoms with van der Waals surface area (Å²) >= 11 is 0. The van der Waals surface area contributed by atoms with E-state index in [9.17, 15) is 14.4 Å². The summed E-state index contributed by atoms with van der Waals surface area (Å²) in [6, 6.07) is 7.25. The van der Waals surface area contributed by atoms with Crippen LogP contribution < -0.4 is 10.1 Å². The molecule has 0 unspecified atom stereocenters. The van der Waals surface area contributed by atoms with Crippen LogP contribution in [-0.2, 0) is 23.9 Å². The maximum Gasteiger partial charge on any atom is 0.337 e. The summed E-state index contributed by atoms with van der Waals surface area (Å²) in [5.41, 5.74) is 2.93. The standard InChI is InChI=1S/C25H31NO6/c1-7-14(3)32-25(29)20-15(4)26-18-12-13(2)19(24(28)31-6)23(27)22(18)21(20)16-8-10-17(30-5)11-9-16/h8-11,13-14,19,21,26H,7,12H2,1-6H3/t13-,14-,19-,21-/m1/s1. The summed E-state index contributed by atoms with van der Waals surface area (Å²) in [5, 5.41) is 3.26. The Balaban J connectivity index is 2.15. The largest absolute Gasteiger partial charge is 0.497 e. The van der Waals surface area contributed by atoms with Crippen LogP contribution in [0.15, 0.2) is 46.8 Å². The van der Waals surface area contributed by atoms with Crippen molar-refractivity contribution in [1.29, 1.82) is 0 Å². The molecule has 0 amide bonds. The molecular formula is C25H31NO6. The zero-order chi connectivity index (χ0) is 23.6. The molecule has 0 saturated carbocycles. The highest BCUT2D eigenvalue weighted by Crippen LogP contribution is 2.45. The first-order chi connectivity index (χ1) is 15.2. The average molecular weight is 442 g/mol. The molecule has 1 aliphatic heterocycles. The lowest BCUT2D eigenvalue weighted by molar-refractivity contribution is -0.151. The van der Waals surface area contributed by atoms with Gasteiger partial charge >= 0.3 is 11.9 Å². The van der Waals surface area contributed by atoms with Crippen molar-refractivity contribution in [3.63, 3.8) is 0 Å². The summed E-state index contributed by atoms with van der Waals surface area (Å²) < 4.78 is 15.8. The van der Waals surface area contributed by atoms with Gasteiger partial charge in [-0.3, -0.25) is 9.59 Å². The Bertz CT molecular complexity index is 975. The van der Waals surface area contributed by atoms with Gasteiger partial charge in [-0.2, -0.15) is 0 Å². The molecule has 2 aliphatic rings. The van der Waals surface area contributed by atoms with E-state index in [1.807, 2.05) is 39.8 Å². The average Bonchev–Trinajstić information content (AvgIpc) is 2.77. The fourth-order valence-electron chi connectivity index (χ4n) is 4.41. The molecule has 1 N–H and O–H groups in total. The van der Waals surface area contributed by atoms with Crippen LogP contribution in [0.1, 0.15) is 52.0 Å². The molecule has 32 heavy (non-hydrogen) atoms. The molecule has 0 bridgehead atoms. The number of ketones is 1. The van der Waals surface area contributed by atoms with E-state index in [1.54, 1.807) is 19.2 Å². The van der Waals surface area contributed by atoms with Crippen molar-refractivity contribution in [3.8, 4) is 5.75 Å². The van der Waals surface area contributed by atoms with Gasteiger partial charge in [-0.05, 0) is 50.3 Å². The van der Waals surface area contributed by atoms with E-state index < -0.39 is 23.8 Å². The van der Waals surface area contributed by atoms with Crippen LogP contribution in [-0.4, -0.2) is 38.0 Å². The van der Waals surface area contributed by atoms with Crippen LogP contribution in [0.3, 0.4) is 0 Å². The third-order valence-corrected chi connectivity index (χ3v) is 6.30. The molecule has 1 aliphatic carbocycles. The van der Waals surface area contributed by atoms with E-state index in [4.69, 9.17) is 14.2 Å². The van der Waals surface area contributed by atoms with E-state index in [0.717, 1.165) is 11.3 Å². The second kappa shape index (κ2) is 9.59. The van der Waals surface area contributed by atoms with Gasteiger partial charge in [0.15, 0.2) is 5.78 Å². The van der Waals surface area contributed by atoms with Gasteiger partial charge in [0.2, 0.25) is 0 Å². The number of esters is 2. The second-order valence-corrected chi connectivity index (χ2v) is 8.43. The fourth-order valence-corrected chi connectivity index (χ4v) is 4.41. The zero-order valence-electron chi connectivity index (χ0n) is 19.5. The fraction of sp³-hybridized carbons (Fsp3) is 0.480. The van der Waals surface area contributed by atoms with Gasteiger partial charge in [-0.25, -0.2) is 4.79 Å². The number of hydrogen-bond donors (Lipinski definition) is 1. The zero-order valence-corrected chi connectivity index (χ0v) is 19.5. The molecule has 0 spiro atoms. The smallest absolute Gasteiger partial charge is 0.337 e. The third kappa shape index (κ3) is 4.29. The molecule has 172 valence electrons. The number of carbonyl (C=O) groups excluding carboxylic acids is 3. The summed E-state index contributed by atoms with van der Waals surface area (Å²) in [6.45, 7) is 7.44. The van der Waals surface area contributed by atoms with Gasteiger partial charge < -0.3 is 19.5 Å². The first-order valence-electron chi connectivity index (χ1n) is 10.9. The van der Waals surface area contributed by atoms with Crippen molar-refractivity contribution in [1.82, 2.24) is 5.32 Å². The quantitative estimate of drug-likeness (QED) is 0.532. The molecular weight excluding hydrogens is 410 g/mol. The number of nitrogens with one attached hydrogen (secondary N) is 1. The highest BCUT2D eigenvalue weighted by molar-refractivity contribution is 6.12. The molecule has 1 aromatic carbocycles. The number of Topliss-reactive ketones (excluding diaryl/α,β-unsaturated/α-hetero) is 1. The van der Waals surface area contributed by atoms with Crippen molar-refractivity contribution in [3.05, 3.63) is 52.4 Å². The topological polar surface area (TPSA) is 90.9 Å². The number of rotatable bonds is 6. The molecule has 7 heteroatoms. The molecule has 1 aromatic rings. The molecule has 0 saturated heterocycles. The van der Waals surface area contributed by atoms with Gasteiger partial charge in [-0.1, -0.05) is 26.0 Å². The maximum absolute atomic E-state index is 13.6. The van der Waals surface area contributed by atoms with Crippen LogP contribution in [0.2, 0.25) is 0 Å². The summed E-state index contributed by atoms with van der Waals surface area (Å²) in [5.74, 6) is -2.47. The molecule has 4 atom stereocenters. The van der Waals surface area contributed by atoms with Crippen molar-refractivity contribution in [2.45, 2.75) is 52.6 Å². The molecule has 0 aromatic heterocycles. The minimum Gasteiger partial charge on any atom is -0.497 e. The van der Waals surface area contributed by atoms with Crippen molar-refractivity contribution in [2.75, 3.05) is 14.2 Å². The molecule has 3 rings (SSSR count). The Labute approximate surface area is 188 Å². The highest BCUT2D eigenvalue weighted by atomic mass is 16.5. The normalized spacial score (nSPS) is 23.8. The lowest BCUT2D eigenvalue weighted by atomic mass is 9.69. The van der Waals surface area contributed by atoms with Crippen LogP contribution in [0, 0.1) is 11.8 Å². The minimum atomic E-state index is -0.911. The van der Waals surface area contributed by atoms with E-state index in [0.29, 0.717) is 35.4 Å². The van der Waals surface area contributed by atoms with Gasteiger partial charge in [0.25, 0.3) is 0 Å². The molecule has 7 nitrogen and oxygen atoms in total. The number of dihydropyridines is 1. The van der Waals surface area contributed by atoms with Gasteiger partial charge in [0.05, 0.1) is 25.9 Å². The van der Waals surface area contributed by atoms with Crippen LogP contribution in [0.25, 0.3) is 0 Å². The molecule has 0 fully saturated rings. The lowest BCUT2D eigenvalue weighted by Gasteiger charge is -2.38. The Kier molecular flexibility index (Phi) is 7.06. The Morgan fingerprint density at radius 1 is 1.19 bits per heavy atom. The van der Waals surface area contributed by atoms with E-state index in [2.05, 4.69) is 5.32 Å².